The maximum atomic E-state index is 11.2. The van der Waals surface area contributed by atoms with Gasteiger partial charge in [0.1, 0.15) is 6.04 Å². The predicted octanol–water partition coefficient (Wildman–Crippen LogP) is 0.0715. The molecule has 0 saturated carbocycles. The molecule has 0 aromatic heterocycles. The van der Waals surface area contributed by atoms with E-state index in [0.717, 1.165) is 0 Å². The molecule has 2 atom stereocenters. The van der Waals surface area contributed by atoms with Gasteiger partial charge in [-0.25, -0.2) is 9.36 Å². The van der Waals surface area contributed by atoms with Crippen molar-refractivity contribution in [1.29, 1.82) is 0 Å². The van der Waals surface area contributed by atoms with E-state index < -0.39 is 25.8 Å². The number of phosphoric ester groups is 1. The van der Waals surface area contributed by atoms with E-state index in [1.807, 2.05) is 6.92 Å². The van der Waals surface area contributed by atoms with Gasteiger partial charge in [-0.3, -0.25) is 14.6 Å². The molecule has 0 fully saturated rings. The van der Waals surface area contributed by atoms with E-state index in [9.17, 15) is 14.2 Å². The molecule has 0 amide bonds. The maximum absolute atomic E-state index is 11.2. The third-order valence-electron chi connectivity index (χ3n) is 2.08. The fourth-order valence-corrected chi connectivity index (χ4v) is 1.31. The lowest BCUT2D eigenvalue weighted by Crippen LogP contribution is -2.32. The maximum Gasteiger partial charge on any atom is 0.527 e. The smallest absolute Gasteiger partial charge is 0.463 e. The normalized spacial score (nSPS) is 14.7. The molecular weight excluding hydrogens is 265 g/mol. The Balaban J connectivity index is 4.03. The average Bonchev–Trinajstić information content (AvgIpc) is 2.23. The quantitative estimate of drug-likeness (QED) is 0.441. The van der Waals surface area contributed by atoms with Crippen LogP contribution in [0.5, 0.6) is 0 Å². The molecular formula is C9H18NO7P. The molecule has 0 rings (SSSR count). The van der Waals surface area contributed by atoms with E-state index in [4.69, 9.17) is 20.3 Å². The van der Waals surface area contributed by atoms with Crippen LogP contribution in [0.15, 0.2) is 0 Å². The molecule has 4 N–H and O–H groups in total. The Morgan fingerprint density at radius 1 is 1.39 bits per heavy atom. The van der Waals surface area contributed by atoms with Crippen molar-refractivity contribution < 1.29 is 33.2 Å². The molecule has 8 nitrogen and oxygen atoms in total. The zero-order chi connectivity index (χ0) is 14.3. The minimum absolute atomic E-state index is 0.103. The van der Waals surface area contributed by atoms with E-state index in [1.54, 1.807) is 6.92 Å². The summed E-state index contributed by atoms with van der Waals surface area (Å²) >= 11 is 0. The van der Waals surface area contributed by atoms with Crippen LogP contribution in [-0.2, 0) is 23.4 Å². The number of carbonyl (C=O) groups excluding carboxylic acids is 2. The van der Waals surface area contributed by atoms with Gasteiger partial charge in [0.15, 0.2) is 0 Å². The summed E-state index contributed by atoms with van der Waals surface area (Å²) in [7, 11) is -4.90. The average molecular weight is 283 g/mol. The van der Waals surface area contributed by atoms with Gasteiger partial charge in [0.2, 0.25) is 0 Å². The van der Waals surface area contributed by atoms with Crippen molar-refractivity contribution in [2.45, 2.75) is 45.3 Å². The number of hydrogen-bond donors (Lipinski definition) is 3. The molecule has 0 aromatic rings. The summed E-state index contributed by atoms with van der Waals surface area (Å²) in [6, 6.07) is -1.28. The molecule has 0 aliphatic rings. The van der Waals surface area contributed by atoms with Crippen LogP contribution in [0, 0.1) is 0 Å². The third kappa shape index (κ3) is 8.19. The first-order valence-electron chi connectivity index (χ1n) is 5.39. The highest BCUT2D eigenvalue weighted by atomic mass is 31.2. The number of nitrogens with two attached hydrogens (primary N) is 1. The third-order valence-corrected chi connectivity index (χ3v) is 2.50. The van der Waals surface area contributed by atoms with Gasteiger partial charge in [-0.15, -0.1) is 0 Å². The first-order chi connectivity index (χ1) is 8.15. The molecule has 0 spiro atoms. The Kier molecular flexibility index (Phi) is 7.08. The van der Waals surface area contributed by atoms with Gasteiger partial charge in [0, 0.05) is 6.42 Å². The number of ether oxygens (including phenoxy) is 1. The monoisotopic (exact) mass is 283 g/mol. The van der Waals surface area contributed by atoms with Crippen molar-refractivity contribution >= 4 is 19.8 Å². The van der Waals surface area contributed by atoms with Crippen molar-refractivity contribution in [3.8, 4) is 0 Å². The second-order valence-electron chi connectivity index (χ2n) is 3.75. The van der Waals surface area contributed by atoms with Gasteiger partial charge in [0.25, 0.3) is 0 Å². The minimum atomic E-state index is -4.90. The highest BCUT2D eigenvalue weighted by molar-refractivity contribution is 7.46. The lowest BCUT2D eigenvalue weighted by Gasteiger charge is -2.13. The summed E-state index contributed by atoms with van der Waals surface area (Å²) in [5.41, 5.74) is 5.31. The fourth-order valence-electron chi connectivity index (χ4n) is 0.943. The van der Waals surface area contributed by atoms with E-state index in [0.29, 0.717) is 6.42 Å². The molecule has 18 heavy (non-hydrogen) atoms. The summed E-state index contributed by atoms with van der Waals surface area (Å²) in [6.45, 7) is 3.57. The SMILES string of the molecule is CCC(C)OC(=O)CCC(N)C(=O)OP(=O)(O)O. The van der Waals surface area contributed by atoms with Crippen LogP contribution in [0.3, 0.4) is 0 Å². The zero-order valence-corrected chi connectivity index (χ0v) is 11.1. The Hall–Kier alpha value is -0.950. The molecule has 0 radical (unpaired) electrons. The molecule has 0 aliphatic heterocycles. The Morgan fingerprint density at radius 2 is 1.94 bits per heavy atom. The predicted molar refractivity (Wildman–Crippen MR) is 61.2 cm³/mol. The second kappa shape index (κ2) is 7.48. The van der Waals surface area contributed by atoms with Crippen molar-refractivity contribution in [2.24, 2.45) is 5.73 Å². The van der Waals surface area contributed by atoms with Gasteiger partial charge in [-0.05, 0) is 19.8 Å². The number of carbonyl (C=O) groups is 2. The van der Waals surface area contributed by atoms with Crippen LogP contribution in [0.1, 0.15) is 33.1 Å². The van der Waals surface area contributed by atoms with Gasteiger partial charge in [0.05, 0.1) is 6.10 Å². The molecule has 9 heteroatoms. The summed E-state index contributed by atoms with van der Waals surface area (Å²) in [4.78, 5) is 39.1. The van der Waals surface area contributed by atoms with Gasteiger partial charge >= 0.3 is 19.8 Å². The Morgan fingerprint density at radius 3 is 2.39 bits per heavy atom. The number of esters is 1. The van der Waals surface area contributed by atoms with Gasteiger partial charge in [-0.2, -0.15) is 0 Å². The first-order valence-corrected chi connectivity index (χ1v) is 6.92. The van der Waals surface area contributed by atoms with Crippen molar-refractivity contribution in [3.05, 3.63) is 0 Å². The van der Waals surface area contributed by atoms with Gasteiger partial charge < -0.3 is 15.0 Å². The summed E-state index contributed by atoms with van der Waals surface area (Å²) < 4.78 is 19.1. The Bertz CT molecular complexity index is 340. The van der Waals surface area contributed by atoms with E-state index in [1.165, 1.54) is 0 Å². The lowest BCUT2D eigenvalue weighted by molar-refractivity contribution is -0.148. The van der Waals surface area contributed by atoms with Crippen molar-refractivity contribution in [3.63, 3.8) is 0 Å². The van der Waals surface area contributed by atoms with Crippen molar-refractivity contribution in [2.75, 3.05) is 0 Å². The molecule has 106 valence electrons. The van der Waals surface area contributed by atoms with Crippen LogP contribution in [0.25, 0.3) is 0 Å². The highest BCUT2D eigenvalue weighted by Gasteiger charge is 2.25. The summed E-state index contributed by atoms with van der Waals surface area (Å²) in [5, 5.41) is 0. The number of hydrogen-bond acceptors (Lipinski definition) is 6. The molecule has 0 aromatic carbocycles. The largest absolute Gasteiger partial charge is 0.527 e. The molecule has 2 unspecified atom stereocenters. The van der Waals surface area contributed by atoms with Crippen LogP contribution in [0.2, 0.25) is 0 Å². The van der Waals surface area contributed by atoms with Crippen LogP contribution < -0.4 is 5.73 Å². The zero-order valence-electron chi connectivity index (χ0n) is 10.2. The summed E-state index contributed by atoms with van der Waals surface area (Å²) in [5.74, 6) is -1.77. The molecule has 0 saturated heterocycles. The second-order valence-corrected chi connectivity index (χ2v) is 4.92. The lowest BCUT2D eigenvalue weighted by atomic mass is 10.2. The summed E-state index contributed by atoms with van der Waals surface area (Å²) in [6.07, 6.45) is 0.212. The number of rotatable bonds is 7. The minimum Gasteiger partial charge on any atom is -0.463 e. The number of phosphoric acid groups is 1. The highest BCUT2D eigenvalue weighted by Crippen LogP contribution is 2.36. The van der Waals surface area contributed by atoms with Crippen LogP contribution in [0.4, 0.5) is 0 Å². The van der Waals surface area contributed by atoms with Crippen LogP contribution in [-0.4, -0.2) is 33.9 Å². The Labute approximate surface area is 105 Å². The van der Waals surface area contributed by atoms with E-state index in [2.05, 4.69) is 4.52 Å². The molecule has 0 bridgehead atoms. The van der Waals surface area contributed by atoms with Crippen LogP contribution >= 0.6 is 7.82 Å². The fraction of sp³-hybridized carbons (Fsp3) is 0.778. The molecule has 0 heterocycles. The first kappa shape index (κ1) is 17.1. The van der Waals surface area contributed by atoms with E-state index in [-0.39, 0.29) is 18.9 Å². The van der Waals surface area contributed by atoms with Crippen molar-refractivity contribution in [1.82, 2.24) is 0 Å². The van der Waals surface area contributed by atoms with E-state index >= 15 is 0 Å². The van der Waals surface area contributed by atoms with Gasteiger partial charge in [-0.1, -0.05) is 6.92 Å². The molecule has 0 aliphatic carbocycles. The topological polar surface area (TPSA) is 136 Å². The standard InChI is InChI=1S/C9H18NO7P/c1-3-6(2)16-8(11)5-4-7(10)9(12)17-18(13,14)15/h6-7H,3-5,10H2,1-2H3,(H2,13,14,15).